The summed E-state index contributed by atoms with van der Waals surface area (Å²) in [6, 6.07) is 3.21. The van der Waals surface area contributed by atoms with Crippen molar-refractivity contribution in [2.24, 2.45) is 5.41 Å². The lowest BCUT2D eigenvalue weighted by atomic mass is 9.74. The smallest absolute Gasteiger partial charge is 0.250 e. The highest BCUT2D eigenvalue weighted by Crippen LogP contribution is 2.37. The van der Waals surface area contributed by atoms with E-state index in [1.54, 1.807) is 22.9 Å². The average Bonchev–Trinajstić information content (AvgIpc) is 2.51. The molecular weight excluding hydrogens is 262 g/mol. The van der Waals surface area contributed by atoms with Crippen LogP contribution in [0.2, 0.25) is 0 Å². The monoisotopic (exact) mass is 291 g/mol. The number of aromatic nitrogens is 1. The first-order chi connectivity index (χ1) is 10.1. The molecular formula is C17H29N3O. The van der Waals surface area contributed by atoms with Crippen molar-refractivity contribution in [2.75, 3.05) is 25.4 Å². The maximum atomic E-state index is 11.7. The molecule has 2 rings (SSSR count). The summed E-state index contributed by atoms with van der Waals surface area (Å²) in [5.74, 6) is 0. The molecule has 1 aromatic heterocycles. The summed E-state index contributed by atoms with van der Waals surface area (Å²) >= 11 is 0. The largest absolute Gasteiger partial charge is 0.398 e. The van der Waals surface area contributed by atoms with Gasteiger partial charge in [0.25, 0.3) is 5.56 Å². The first-order valence-corrected chi connectivity index (χ1v) is 8.27. The van der Waals surface area contributed by atoms with E-state index in [9.17, 15) is 4.79 Å². The SMILES string of the molecule is CCC1(CC)CCN(CCCn2cc(N)ccc2=O)CC1. The van der Waals surface area contributed by atoms with Crippen molar-refractivity contribution in [3.63, 3.8) is 0 Å². The third-order valence-corrected chi connectivity index (χ3v) is 5.30. The molecule has 1 aliphatic rings. The van der Waals surface area contributed by atoms with Gasteiger partial charge in [0, 0.05) is 24.5 Å². The summed E-state index contributed by atoms with van der Waals surface area (Å²) in [4.78, 5) is 14.3. The summed E-state index contributed by atoms with van der Waals surface area (Å²) < 4.78 is 1.72. The molecule has 1 fully saturated rings. The minimum Gasteiger partial charge on any atom is -0.398 e. The van der Waals surface area contributed by atoms with E-state index in [2.05, 4.69) is 18.7 Å². The van der Waals surface area contributed by atoms with Gasteiger partial charge in [-0.1, -0.05) is 26.7 Å². The molecule has 0 aromatic carbocycles. The predicted octanol–water partition coefficient (Wildman–Crippen LogP) is 2.72. The highest BCUT2D eigenvalue weighted by atomic mass is 16.1. The van der Waals surface area contributed by atoms with E-state index < -0.39 is 0 Å². The first kappa shape index (κ1) is 16.1. The quantitative estimate of drug-likeness (QED) is 0.877. The number of likely N-dealkylation sites (tertiary alicyclic amines) is 1. The van der Waals surface area contributed by atoms with Crippen LogP contribution in [0.5, 0.6) is 0 Å². The Hall–Kier alpha value is -1.29. The first-order valence-electron chi connectivity index (χ1n) is 8.27. The van der Waals surface area contributed by atoms with Gasteiger partial charge < -0.3 is 15.2 Å². The fraction of sp³-hybridized carbons (Fsp3) is 0.706. The topological polar surface area (TPSA) is 51.3 Å². The molecule has 0 bridgehead atoms. The van der Waals surface area contributed by atoms with Gasteiger partial charge in [-0.2, -0.15) is 0 Å². The summed E-state index contributed by atoms with van der Waals surface area (Å²) in [6.45, 7) is 8.88. The molecule has 0 spiro atoms. The Kier molecular flexibility index (Phi) is 5.45. The fourth-order valence-corrected chi connectivity index (χ4v) is 3.40. The van der Waals surface area contributed by atoms with Gasteiger partial charge in [0.15, 0.2) is 0 Å². The normalized spacial score (nSPS) is 18.8. The second-order valence-electron chi connectivity index (χ2n) is 6.40. The molecule has 1 aromatic rings. The molecule has 0 aliphatic carbocycles. The van der Waals surface area contributed by atoms with Gasteiger partial charge in [0.05, 0.1) is 0 Å². The third kappa shape index (κ3) is 4.10. The number of anilines is 1. The zero-order chi connectivity index (χ0) is 15.3. The Morgan fingerprint density at radius 1 is 1.14 bits per heavy atom. The molecule has 1 aliphatic heterocycles. The maximum Gasteiger partial charge on any atom is 0.250 e. The Morgan fingerprint density at radius 3 is 2.43 bits per heavy atom. The van der Waals surface area contributed by atoms with Gasteiger partial charge in [-0.3, -0.25) is 4.79 Å². The molecule has 0 saturated carbocycles. The van der Waals surface area contributed by atoms with Crippen molar-refractivity contribution in [2.45, 2.75) is 52.5 Å². The van der Waals surface area contributed by atoms with Crippen LogP contribution in [0, 0.1) is 5.41 Å². The van der Waals surface area contributed by atoms with Crippen LogP contribution in [-0.4, -0.2) is 29.1 Å². The minimum absolute atomic E-state index is 0.0406. The number of aryl methyl sites for hydroxylation is 1. The summed E-state index contributed by atoms with van der Waals surface area (Å²) in [7, 11) is 0. The van der Waals surface area contributed by atoms with Crippen LogP contribution in [0.1, 0.15) is 46.0 Å². The Balaban J connectivity index is 1.78. The van der Waals surface area contributed by atoms with E-state index in [0.717, 1.165) is 19.5 Å². The predicted molar refractivity (Wildman–Crippen MR) is 88.4 cm³/mol. The number of rotatable bonds is 6. The molecule has 4 nitrogen and oxygen atoms in total. The second kappa shape index (κ2) is 7.12. The van der Waals surface area contributed by atoms with Crippen molar-refractivity contribution in [3.8, 4) is 0 Å². The van der Waals surface area contributed by atoms with E-state index in [0.29, 0.717) is 11.1 Å². The lowest BCUT2D eigenvalue weighted by Gasteiger charge is -2.41. The molecule has 2 heterocycles. The maximum absolute atomic E-state index is 11.7. The standard InChI is InChI=1S/C17H29N3O/c1-3-17(4-2)8-12-19(13-9-17)10-5-11-20-14-15(18)6-7-16(20)21/h6-7,14H,3-5,8-13,18H2,1-2H3. The molecule has 2 N–H and O–H groups in total. The molecule has 0 unspecified atom stereocenters. The third-order valence-electron chi connectivity index (χ3n) is 5.30. The number of piperidine rings is 1. The zero-order valence-corrected chi connectivity index (χ0v) is 13.5. The van der Waals surface area contributed by atoms with Gasteiger partial charge in [0.1, 0.15) is 0 Å². The number of nitrogens with two attached hydrogens (primary N) is 1. The molecule has 0 atom stereocenters. The Morgan fingerprint density at radius 2 is 1.81 bits per heavy atom. The number of nitrogen functional groups attached to an aromatic ring is 1. The van der Waals surface area contributed by atoms with Crippen molar-refractivity contribution >= 4 is 5.69 Å². The summed E-state index contributed by atoms with van der Waals surface area (Å²) in [6.07, 6.45) is 7.99. The molecule has 0 amide bonds. The Labute approximate surface area is 127 Å². The average molecular weight is 291 g/mol. The number of hydrogen-bond donors (Lipinski definition) is 1. The molecule has 4 heteroatoms. The molecule has 21 heavy (non-hydrogen) atoms. The lowest BCUT2D eigenvalue weighted by Crippen LogP contribution is -2.40. The molecule has 1 saturated heterocycles. The zero-order valence-electron chi connectivity index (χ0n) is 13.5. The molecule has 118 valence electrons. The summed E-state index contributed by atoms with van der Waals surface area (Å²) in [5.41, 5.74) is 7.01. The van der Waals surface area contributed by atoms with Crippen LogP contribution >= 0.6 is 0 Å². The van der Waals surface area contributed by atoms with Crippen LogP contribution in [-0.2, 0) is 6.54 Å². The van der Waals surface area contributed by atoms with Crippen LogP contribution in [0.25, 0.3) is 0 Å². The van der Waals surface area contributed by atoms with Gasteiger partial charge in [-0.25, -0.2) is 0 Å². The van der Waals surface area contributed by atoms with Gasteiger partial charge in [-0.15, -0.1) is 0 Å². The molecule has 0 radical (unpaired) electrons. The number of hydrogen-bond acceptors (Lipinski definition) is 3. The lowest BCUT2D eigenvalue weighted by molar-refractivity contribution is 0.0938. The van der Waals surface area contributed by atoms with Crippen molar-refractivity contribution in [1.29, 1.82) is 0 Å². The van der Waals surface area contributed by atoms with Crippen LogP contribution in [0.15, 0.2) is 23.1 Å². The number of pyridine rings is 1. The van der Waals surface area contributed by atoms with Crippen molar-refractivity contribution in [3.05, 3.63) is 28.7 Å². The van der Waals surface area contributed by atoms with Crippen molar-refractivity contribution in [1.82, 2.24) is 9.47 Å². The second-order valence-corrected chi connectivity index (χ2v) is 6.40. The minimum atomic E-state index is 0.0406. The van der Waals surface area contributed by atoms with E-state index in [1.807, 2.05) is 0 Å². The van der Waals surface area contributed by atoms with Gasteiger partial charge in [-0.05, 0) is 50.4 Å². The van der Waals surface area contributed by atoms with E-state index >= 15 is 0 Å². The van der Waals surface area contributed by atoms with E-state index in [1.165, 1.54) is 38.8 Å². The van der Waals surface area contributed by atoms with Crippen LogP contribution in [0.4, 0.5) is 5.69 Å². The summed E-state index contributed by atoms with van der Waals surface area (Å²) in [5, 5.41) is 0. The van der Waals surface area contributed by atoms with Gasteiger partial charge >= 0.3 is 0 Å². The van der Waals surface area contributed by atoms with Gasteiger partial charge in [0.2, 0.25) is 0 Å². The highest BCUT2D eigenvalue weighted by molar-refractivity contribution is 5.33. The van der Waals surface area contributed by atoms with E-state index in [4.69, 9.17) is 5.73 Å². The number of nitrogens with zero attached hydrogens (tertiary/aromatic N) is 2. The Bertz CT molecular complexity index is 495. The van der Waals surface area contributed by atoms with Crippen LogP contribution in [0.3, 0.4) is 0 Å². The van der Waals surface area contributed by atoms with Crippen molar-refractivity contribution < 1.29 is 0 Å². The van der Waals surface area contributed by atoms with E-state index in [-0.39, 0.29) is 5.56 Å². The fourth-order valence-electron chi connectivity index (χ4n) is 3.40. The highest BCUT2D eigenvalue weighted by Gasteiger charge is 2.30. The van der Waals surface area contributed by atoms with Crippen LogP contribution < -0.4 is 11.3 Å².